The largest absolute Gasteiger partial charge is 0.495 e. The second kappa shape index (κ2) is 9.85. The number of anilines is 2. The van der Waals surface area contributed by atoms with Gasteiger partial charge in [0.2, 0.25) is 0 Å². The van der Waals surface area contributed by atoms with E-state index in [1.54, 1.807) is 10.6 Å². The molecule has 1 aliphatic heterocycles. The van der Waals surface area contributed by atoms with E-state index in [4.69, 9.17) is 9.47 Å². The number of methoxy groups -OCH3 is 1. The number of hydrogen-bond acceptors (Lipinski definition) is 4. The van der Waals surface area contributed by atoms with Crippen molar-refractivity contribution in [1.29, 1.82) is 0 Å². The number of carbonyl (C=O) groups is 1. The molecule has 6 nitrogen and oxygen atoms in total. The van der Waals surface area contributed by atoms with Gasteiger partial charge in [0.15, 0.2) is 0 Å². The molecule has 1 fully saturated rings. The molecule has 180 valence electrons. The zero-order chi connectivity index (χ0) is 24.4. The van der Waals surface area contributed by atoms with Crippen molar-refractivity contribution in [1.82, 2.24) is 4.57 Å². The number of hydrogen-bond donors (Lipinski definition) is 1. The predicted molar refractivity (Wildman–Crippen MR) is 128 cm³/mol. The summed E-state index contributed by atoms with van der Waals surface area (Å²) in [5, 5.41) is 2.94. The molecule has 1 N–H and O–H groups in total. The van der Waals surface area contributed by atoms with Crippen LogP contribution >= 0.6 is 0 Å². The fourth-order valence-corrected chi connectivity index (χ4v) is 4.57. The van der Waals surface area contributed by atoms with Gasteiger partial charge in [-0.05, 0) is 50.6 Å². The summed E-state index contributed by atoms with van der Waals surface area (Å²) >= 11 is 0. The number of benzene rings is 2. The van der Waals surface area contributed by atoms with Crippen LogP contribution < -0.4 is 15.0 Å². The number of aromatic nitrogens is 1. The Kier molecular flexibility index (Phi) is 6.88. The number of aryl methyl sites for hydroxylation is 1. The number of nitrogens with one attached hydrogen (secondary N) is 1. The Morgan fingerprint density at radius 2 is 1.76 bits per heavy atom. The standard InChI is InChI=1S/C26H29F2N3O3/c1-16-8-9-23(33-4)22(14-16)29-26(32)25-17(2)24(30-10-12-34-13-11-30)18(3)31(25)15-19-20(27)6-5-7-21(19)28/h5-9,14H,10-13,15H2,1-4H3,(H,29,32). The van der Waals surface area contributed by atoms with Crippen molar-refractivity contribution in [2.75, 3.05) is 43.6 Å². The third-order valence-corrected chi connectivity index (χ3v) is 6.25. The van der Waals surface area contributed by atoms with Gasteiger partial charge in [0.1, 0.15) is 23.1 Å². The van der Waals surface area contributed by atoms with Crippen LogP contribution in [0.4, 0.5) is 20.2 Å². The summed E-state index contributed by atoms with van der Waals surface area (Å²) in [6.07, 6.45) is 0. The van der Waals surface area contributed by atoms with Crippen molar-refractivity contribution in [3.63, 3.8) is 0 Å². The first-order chi connectivity index (χ1) is 16.3. The summed E-state index contributed by atoms with van der Waals surface area (Å²) in [5.41, 5.74) is 4.16. The van der Waals surface area contributed by atoms with Gasteiger partial charge in [-0.1, -0.05) is 12.1 Å². The summed E-state index contributed by atoms with van der Waals surface area (Å²) in [4.78, 5) is 15.8. The fourth-order valence-electron chi connectivity index (χ4n) is 4.57. The van der Waals surface area contributed by atoms with Gasteiger partial charge in [-0.3, -0.25) is 4.79 Å². The third kappa shape index (κ3) is 4.50. The van der Waals surface area contributed by atoms with E-state index >= 15 is 0 Å². The lowest BCUT2D eigenvalue weighted by Crippen LogP contribution is -2.36. The first kappa shape index (κ1) is 23.8. The second-order valence-electron chi connectivity index (χ2n) is 8.45. The molecular formula is C26H29F2N3O3. The molecule has 0 spiro atoms. The summed E-state index contributed by atoms with van der Waals surface area (Å²) < 4.78 is 41.7. The normalized spacial score (nSPS) is 13.8. The van der Waals surface area contributed by atoms with Gasteiger partial charge in [-0.2, -0.15) is 0 Å². The molecule has 0 saturated carbocycles. The minimum Gasteiger partial charge on any atom is -0.495 e. The molecule has 0 atom stereocenters. The number of amides is 1. The first-order valence-electron chi connectivity index (χ1n) is 11.2. The van der Waals surface area contributed by atoms with Crippen molar-refractivity contribution in [2.24, 2.45) is 0 Å². The number of ether oxygens (including phenoxy) is 2. The molecule has 1 amide bonds. The van der Waals surface area contributed by atoms with Crippen molar-refractivity contribution in [2.45, 2.75) is 27.3 Å². The molecule has 4 rings (SSSR count). The molecule has 2 aromatic carbocycles. The topological polar surface area (TPSA) is 55.7 Å². The highest BCUT2D eigenvalue weighted by molar-refractivity contribution is 6.06. The van der Waals surface area contributed by atoms with E-state index in [0.717, 1.165) is 22.5 Å². The molecule has 1 aliphatic rings. The quantitative estimate of drug-likeness (QED) is 0.562. The molecule has 2 heterocycles. The molecule has 1 saturated heterocycles. The maximum absolute atomic E-state index is 14.6. The van der Waals surface area contributed by atoms with Crippen molar-refractivity contribution in [3.05, 3.63) is 76.1 Å². The molecule has 0 radical (unpaired) electrons. The van der Waals surface area contributed by atoms with Gasteiger partial charge in [-0.15, -0.1) is 0 Å². The summed E-state index contributed by atoms with van der Waals surface area (Å²) in [5.74, 6) is -1.14. The SMILES string of the molecule is COc1ccc(C)cc1NC(=O)c1c(C)c(N2CCOCC2)c(C)n1Cc1c(F)cccc1F. The summed E-state index contributed by atoms with van der Waals surface area (Å²) in [7, 11) is 1.54. The van der Waals surface area contributed by atoms with Crippen molar-refractivity contribution in [3.8, 4) is 5.75 Å². The number of rotatable bonds is 6. The van der Waals surface area contributed by atoms with E-state index in [0.29, 0.717) is 43.4 Å². The lowest BCUT2D eigenvalue weighted by molar-refractivity contribution is 0.101. The maximum Gasteiger partial charge on any atom is 0.272 e. The fraction of sp³-hybridized carbons (Fsp3) is 0.346. The third-order valence-electron chi connectivity index (χ3n) is 6.25. The van der Waals surface area contributed by atoms with Crippen LogP contribution in [-0.2, 0) is 11.3 Å². The van der Waals surface area contributed by atoms with Crippen molar-refractivity contribution >= 4 is 17.3 Å². The van der Waals surface area contributed by atoms with Gasteiger partial charge in [-0.25, -0.2) is 8.78 Å². The Balaban J connectivity index is 1.81. The van der Waals surface area contributed by atoms with Crippen LogP contribution in [0.15, 0.2) is 36.4 Å². The van der Waals surface area contributed by atoms with Gasteiger partial charge >= 0.3 is 0 Å². The highest BCUT2D eigenvalue weighted by Crippen LogP contribution is 2.34. The van der Waals surface area contributed by atoms with Crippen LogP contribution in [0, 0.1) is 32.4 Å². The first-order valence-corrected chi connectivity index (χ1v) is 11.2. The van der Waals surface area contributed by atoms with Crippen LogP contribution in [0.1, 0.15) is 32.9 Å². The zero-order valence-electron chi connectivity index (χ0n) is 19.9. The Hall–Kier alpha value is -3.39. The number of carbonyl (C=O) groups excluding carboxylic acids is 1. The number of halogens is 2. The average molecular weight is 470 g/mol. The molecular weight excluding hydrogens is 440 g/mol. The highest BCUT2D eigenvalue weighted by Gasteiger charge is 2.28. The molecule has 0 aliphatic carbocycles. The van der Waals surface area contributed by atoms with Crippen LogP contribution in [0.2, 0.25) is 0 Å². The smallest absolute Gasteiger partial charge is 0.272 e. The lowest BCUT2D eigenvalue weighted by Gasteiger charge is -2.29. The van der Waals surface area contributed by atoms with Gasteiger partial charge in [0.05, 0.1) is 38.2 Å². The second-order valence-corrected chi connectivity index (χ2v) is 8.45. The Morgan fingerprint density at radius 3 is 2.41 bits per heavy atom. The number of morpholine rings is 1. The van der Waals surface area contributed by atoms with E-state index in [1.165, 1.54) is 25.3 Å². The van der Waals surface area contributed by atoms with Crippen LogP contribution in [0.5, 0.6) is 5.75 Å². The Morgan fingerprint density at radius 1 is 1.09 bits per heavy atom. The minimum absolute atomic E-state index is 0.0867. The maximum atomic E-state index is 14.6. The van der Waals surface area contributed by atoms with E-state index in [2.05, 4.69) is 10.2 Å². The molecule has 0 unspecified atom stereocenters. The van der Waals surface area contributed by atoms with E-state index in [-0.39, 0.29) is 18.0 Å². The predicted octanol–water partition coefficient (Wildman–Crippen LogP) is 4.84. The molecule has 0 bridgehead atoms. The van der Waals surface area contributed by atoms with Crippen LogP contribution in [-0.4, -0.2) is 43.9 Å². The Bertz CT molecular complexity index is 1200. The van der Waals surface area contributed by atoms with Gasteiger partial charge in [0, 0.05) is 29.9 Å². The van der Waals surface area contributed by atoms with E-state index in [9.17, 15) is 13.6 Å². The minimum atomic E-state index is -0.648. The molecule has 34 heavy (non-hydrogen) atoms. The lowest BCUT2D eigenvalue weighted by atomic mass is 10.1. The highest BCUT2D eigenvalue weighted by atomic mass is 19.1. The van der Waals surface area contributed by atoms with E-state index in [1.807, 2.05) is 32.9 Å². The zero-order valence-corrected chi connectivity index (χ0v) is 19.9. The van der Waals surface area contributed by atoms with Gasteiger partial charge in [0.25, 0.3) is 5.91 Å². The van der Waals surface area contributed by atoms with Crippen LogP contribution in [0.3, 0.4) is 0 Å². The molecule has 8 heteroatoms. The Labute approximate surface area is 198 Å². The monoisotopic (exact) mass is 469 g/mol. The van der Waals surface area contributed by atoms with Crippen LogP contribution in [0.25, 0.3) is 0 Å². The molecule has 3 aromatic rings. The van der Waals surface area contributed by atoms with Gasteiger partial charge < -0.3 is 24.3 Å². The summed E-state index contributed by atoms with van der Waals surface area (Å²) in [6.45, 7) is 8.06. The summed E-state index contributed by atoms with van der Waals surface area (Å²) in [6, 6.07) is 9.29. The molecule has 1 aromatic heterocycles. The number of nitrogens with zero attached hydrogens (tertiary/aromatic N) is 2. The van der Waals surface area contributed by atoms with E-state index < -0.39 is 11.6 Å². The van der Waals surface area contributed by atoms with Crippen molar-refractivity contribution < 1.29 is 23.0 Å². The average Bonchev–Trinajstić information content (AvgIpc) is 3.06.